The molecule has 2 aromatic carbocycles. The molecule has 1 nitrogen and oxygen atoms in total. The number of fused-ring (bicyclic) bond motifs is 1. The highest BCUT2D eigenvalue weighted by Gasteiger charge is 2.38. The maximum Gasteiger partial charge on any atom is 0.165 e. The van der Waals surface area contributed by atoms with Crippen molar-refractivity contribution in [2.75, 3.05) is 6.61 Å². The summed E-state index contributed by atoms with van der Waals surface area (Å²) in [5.74, 6) is -4.85. The van der Waals surface area contributed by atoms with Gasteiger partial charge >= 0.3 is 0 Å². The van der Waals surface area contributed by atoms with E-state index in [0.29, 0.717) is 5.75 Å². The van der Waals surface area contributed by atoms with Crippen molar-refractivity contribution in [3.63, 3.8) is 0 Å². The highest BCUT2D eigenvalue weighted by Crippen LogP contribution is 2.41. The van der Waals surface area contributed by atoms with Crippen LogP contribution in [-0.4, -0.2) is 6.61 Å². The molecule has 0 bridgehead atoms. The molecule has 1 aliphatic rings. The molecule has 2 aromatic rings. The lowest BCUT2D eigenvalue weighted by Gasteiger charge is -2.23. The molecular weight excluding hydrogens is 284 g/mol. The standard InChI is InChI=1S/C16H12F4O/c1-16(8-21-13-5-3-2-4-10(13)16)7-9-14(19)11(17)6-12(18)15(9)20/h2-6H,7-8H2,1H3. The van der Waals surface area contributed by atoms with Crippen molar-refractivity contribution in [1.29, 1.82) is 0 Å². The van der Waals surface area contributed by atoms with Gasteiger partial charge in [-0.1, -0.05) is 25.1 Å². The van der Waals surface area contributed by atoms with E-state index in [1.807, 2.05) is 0 Å². The molecule has 0 aromatic heterocycles. The van der Waals surface area contributed by atoms with Crippen LogP contribution in [0, 0.1) is 23.3 Å². The maximum absolute atomic E-state index is 13.8. The Morgan fingerprint density at radius 2 is 1.67 bits per heavy atom. The molecule has 5 heteroatoms. The topological polar surface area (TPSA) is 9.23 Å². The van der Waals surface area contributed by atoms with E-state index in [1.165, 1.54) is 0 Å². The van der Waals surface area contributed by atoms with Crippen molar-refractivity contribution in [2.45, 2.75) is 18.8 Å². The first-order valence-corrected chi connectivity index (χ1v) is 6.46. The molecule has 1 heterocycles. The van der Waals surface area contributed by atoms with E-state index in [9.17, 15) is 17.6 Å². The molecule has 0 fully saturated rings. The average molecular weight is 296 g/mol. The first-order valence-electron chi connectivity index (χ1n) is 6.46. The Morgan fingerprint density at radius 3 is 2.33 bits per heavy atom. The molecule has 1 aliphatic heterocycles. The molecule has 1 unspecified atom stereocenters. The Kier molecular flexibility index (Phi) is 3.15. The van der Waals surface area contributed by atoms with Crippen molar-refractivity contribution < 1.29 is 22.3 Å². The average Bonchev–Trinajstić information content (AvgIpc) is 2.80. The molecule has 110 valence electrons. The summed E-state index contributed by atoms with van der Waals surface area (Å²) in [6.45, 7) is 1.95. The molecule has 1 atom stereocenters. The monoisotopic (exact) mass is 296 g/mol. The van der Waals surface area contributed by atoms with Gasteiger partial charge < -0.3 is 4.74 Å². The zero-order valence-electron chi connectivity index (χ0n) is 11.2. The molecule has 0 N–H and O–H groups in total. The van der Waals surface area contributed by atoms with Crippen molar-refractivity contribution in [3.8, 4) is 5.75 Å². The predicted octanol–water partition coefficient (Wildman–Crippen LogP) is 4.14. The lowest BCUT2D eigenvalue weighted by atomic mass is 9.79. The van der Waals surface area contributed by atoms with Gasteiger partial charge in [-0.25, -0.2) is 17.6 Å². The minimum atomic E-state index is -1.39. The third kappa shape index (κ3) is 2.17. The molecule has 3 rings (SSSR count). The van der Waals surface area contributed by atoms with Gasteiger partial charge in [-0.2, -0.15) is 0 Å². The Balaban J connectivity index is 2.06. The van der Waals surface area contributed by atoms with E-state index in [4.69, 9.17) is 4.74 Å². The SMILES string of the molecule is CC1(Cc2c(F)c(F)cc(F)c2F)COc2ccccc21. The number of halogens is 4. The van der Waals surface area contributed by atoms with E-state index in [1.54, 1.807) is 31.2 Å². The number of ether oxygens (including phenoxy) is 1. The Labute approximate surface area is 119 Å². The van der Waals surface area contributed by atoms with Gasteiger partial charge in [0.2, 0.25) is 0 Å². The van der Waals surface area contributed by atoms with Gasteiger partial charge in [-0.15, -0.1) is 0 Å². The van der Waals surface area contributed by atoms with Gasteiger partial charge in [0.15, 0.2) is 23.3 Å². The van der Waals surface area contributed by atoms with Crippen LogP contribution >= 0.6 is 0 Å². The number of para-hydroxylation sites is 1. The molecule has 0 saturated heterocycles. The smallest absolute Gasteiger partial charge is 0.165 e. The lowest BCUT2D eigenvalue weighted by molar-refractivity contribution is 0.272. The van der Waals surface area contributed by atoms with Crippen LogP contribution in [0.1, 0.15) is 18.1 Å². The van der Waals surface area contributed by atoms with Gasteiger partial charge in [-0.05, 0) is 12.5 Å². The van der Waals surface area contributed by atoms with E-state index in [0.717, 1.165) is 5.56 Å². The van der Waals surface area contributed by atoms with Crippen LogP contribution in [0.25, 0.3) is 0 Å². The normalized spacial score (nSPS) is 20.2. The van der Waals surface area contributed by atoms with Crippen LogP contribution < -0.4 is 4.74 Å². The van der Waals surface area contributed by atoms with Gasteiger partial charge in [-0.3, -0.25) is 0 Å². The van der Waals surface area contributed by atoms with Gasteiger partial charge in [0.25, 0.3) is 0 Å². The van der Waals surface area contributed by atoms with Crippen LogP contribution in [0.15, 0.2) is 30.3 Å². The summed E-state index contributed by atoms with van der Waals surface area (Å²) in [7, 11) is 0. The molecule has 0 radical (unpaired) electrons. The van der Waals surface area contributed by atoms with E-state index < -0.39 is 34.2 Å². The minimum absolute atomic E-state index is 0.184. The third-order valence-electron chi connectivity index (χ3n) is 3.85. The summed E-state index contributed by atoms with van der Waals surface area (Å²) in [4.78, 5) is 0. The molecular formula is C16H12F4O. The van der Waals surface area contributed by atoms with Gasteiger partial charge in [0, 0.05) is 22.6 Å². The molecule has 0 aliphatic carbocycles. The summed E-state index contributed by atoms with van der Waals surface area (Å²) in [6.07, 6.45) is -0.184. The zero-order chi connectivity index (χ0) is 15.2. The van der Waals surface area contributed by atoms with E-state index in [2.05, 4.69) is 0 Å². The fourth-order valence-electron chi connectivity index (χ4n) is 2.72. The molecule has 0 spiro atoms. The number of hydrogen-bond donors (Lipinski definition) is 0. The minimum Gasteiger partial charge on any atom is -0.492 e. The van der Waals surface area contributed by atoms with E-state index >= 15 is 0 Å². The second-order valence-electron chi connectivity index (χ2n) is 5.47. The first-order chi connectivity index (χ1) is 9.92. The summed E-state index contributed by atoms with van der Waals surface area (Å²) in [5.41, 5.74) is -0.554. The number of benzene rings is 2. The van der Waals surface area contributed by atoms with Gasteiger partial charge in [0.05, 0.1) is 6.61 Å². The first kappa shape index (κ1) is 13.9. The second-order valence-corrected chi connectivity index (χ2v) is 5.47. The Bertz CT molecular complexity index is 687. The quantitative estimate of drug-likeness (QED) is 0.598. The Hall–Kier alpha value is -2.04. The highest BCUT2D eigenvalue weighted by molar-refractivity contribution is 5.44. The number of rotatable bonds is 2. The van der Waals surface area contributed by atoms with Gasteiger partial charge in [0.1, 0.15) is 5.75 Å². The van der Waals surface area contributed by atoms with Crippen LogP contribution in [0.5, 0.6) is 5.75 Å². The summed E-state index contributed by atoms with van der Waals surface area (Å²) in [5, 5.41) is 0. The summed E-state index contributed by atoms with van der Waals surface area (Å²) < 4.78 is 59.7. The largest absolute Gasteiger partial charge is 0.492 e. The van der Waals surface area contributed by atoms with Crippen molar-refractivity contribution in [3.05, 3.63) is 64.7 Å². The second kappa shape index (κ2) is 4.76. The third-order valence-corrected chi connectivity index (χ3v) is 3.85. The predicted molar refractivity (Wildman–Crippen MR) is 69.3 cm³/mol. The summed E-state index contributed by atoms with van der Waals surface area (Å²) >= 11 is 0. The van der Waals surface area contributed by atoms with Crippen molar-refractivity contribution >= 4 is 0 Å². The molecule has 21 heavy (non-hydrogen) atoms. The Morgan fingerprint density at radius 1 is 1.05 bits per heavy atom. The molecule has 0 amide bonds. The fraction of sp³-hybridized carbons (Fsp3) is 0.250. The van der Waals surface area contributed by atoms with Crippen LogP contribution in [0.4, 0.5) is 17.6 Å². The zero-order valence-corrected chi connectivity index (χ0v) is 11.2. The lowest BCUT2D eigenvalue weighted by Crippen LogP contribution is -2.28. The summed E-state index contributed by atoms with van der Waals surface area (Å²) in [6, 6.07) is 7.32. The van der Waals surface area contributed by atoms with Crippen LogP contribution in [-0.2, 0) is 11.8 Å². The van der Waals surface area contributed by atoms with Crippen LogP contribution in [0.3, 0.4) is 0 Å². The van der Waals surface area contributed by atoms with Crippen molar-refractivity contribution in [2.24, 2.45) is 0 Å². The van der Waals surface area contributed by atoms with Crippen molar-refractivity contribution in [1.82, 2.24) is 0 Å². The van der Waals surface area contributed by atoms with E-state index in [-0.39, 0.29) is 19.1 Å². The fourth-order valence-corrected chi connectivity index (χ4v) is 2.72. The van der Waals surface area contributed by atoms with Crippen LogP contribution in [0.2, 0.25) is 0 Å². The maximum atomic E-state index is 13.8. The molecule has 0 saturated carbocycles. The highest BCUT2D eigenvalue weighted by atomic mass is 19.2. The number of hydrogen-bond acceptors (Lipinski definition) is 1.